The summed E-state index contributed by atoms with van der Waals surface area (Å²) in [5, 5.41) is 4.07. The minimum absolute atomic E-state index is 0.00960. The van der Waals surface area contributed by atoms with Gasteiger partial charge < -0.3 is 4.74 Å². The zero-order chi connectivity index (χ0) is 16.6. The highest BCUT2D eigenvalue weighted by molar-refractivity contribution is 7.90. The quantitative estimate of drug-likeness (QED) is 0.881. The second-order valence-electron chi connectivity index (χ2n) is 5.45. The zero-order valence-corrected chi connectivity index (χ0v) is 13.6. The van der Waals surface area contributed by atoms with E-state index in [1.54, 1.807) is 30.1 Å². The van der Waals surface area contributed by atoms with E-state index < -0.39 is 15.9 Å². The number of hydrogen-bond donors (Lipinski definition) is 1. The highest BCUT2D eigenvalue weighted by Gasteiger charge is 2.46. The number of hydrogen-bond acceptors (Lipinski definition) is 5. The largest absolute Gasteiger partial charge is 0.495 e. The van der Waals surface area contributed by atoms with E-state index in [0.717, 1.165) is 5.69 Å². The van der Waals surface area contributed by atoms with Gasteiger partial charge in [-0.3, -0.25) is 9.48 Å². The molecule has 0 aliphatic heterocycles. The monoisotopic (exact) mass is 335 g/mol. The van der Waals surface area contributed by atoms with E-state index >= 15 is 0 Å². The van der Waals surface area contributed by atoms with E-state index in [0.29, 0.717) is 6.42 Å². The Labute approximate surface area is 134 Å². The lowest BCUT2D eigenvalue weighted by atomic mass is 10.2. The van der Waals surface area contributed by atoms with Crippen LogP contribution < -0.4 is 9.46 Å². The lowest BCUT2D eigenvalue weighted by Crippen LogP contribution is -2.32. The number of sulfonamides is 1. The Kier molecular flexibility index (Phi) is 3.85. The number of carbonyl (C=O) groups excluding carboxylic acids is 1. The van der Waals surface area contributed by atoms with E-state index in [1.807, 2.05) is 6.07 Å². The fourth-order valence-electron chi connectivity index (χ4n) is 2.66. The van der Waals surface area contributed by atoms with Gasteiger partial charge in [0.05, 0.1) is 7.11 Å². The predicted molar refractivity (Wildman–Crippen MR) is 82.4 cm³/mol. The standard InChI is InChI=1S/C15H17N3O4S/c1-18-12(7-8-16-18)10-9-11(10)15(19)17-23(20,21)14-6-4-3-5-13(14)22-2/h3-8,10-11H,9H2,1-2H3,(H,17,19)/t10-,11-/m1/s1. The summed E-state index contributed by atoms with van der Waals surface area (Å²) in [6.07, 6.45) is 2.28. The molecule has 1 N–H and O–H groups in total. The van der Waals surface area contributed by atoms with Gasteiger partial charge in [-0.1, -0.05) is 12.1 Å². The second-order valence-corrected chi connectivity index (χ2v) is 7.10. The molecule has 0 unspecified atom stereocenters. The fourth-order valence-corrected chi connectivity index (χ4v) is 3.86. The number of methoxy groups -OCH3 is 1. The molecule has 1 aromatic heterocycles. The molecule has 0 spiro atoms. The predicted octanol–water partition coefficient (Wildman–Crippen LogP) is 1.04. The number of rotatable bonds is 5. The van der Waals surface area contributed by atoms with E-state index in [4.69, 9.17) is 4.74 Å². The third-order valence-corrected chi connectivity index (χ3v) is 5.35. The molecule has 1 aliphatic rings. The molecule has 122 valence electrons. The summed E-state index contributed by atoms with van der Waals surface area (Å²) in [5.41, 5.74) is 0.930. The minimum Gasteiger partial charge on any atom is -0.495 e. The number of amides is 1. The SMILES string of the molecule is COc1ccccc1S(=O)(=O)NC(=O)[C@@H]1C[C@H]1c1ccnn1C. The topological polar surface area (TPSA) is 90.3 Å². The molecular weight excluding hydrogens is 318 g/mol. The van der Waals surface area contributed by atoms with Gasteiger partial charge in [0.2, 0.25) is 5.91 Å². The van der Waals surface area contributed by atoms with Crippen molar-refractivity contribution in [2.45, 2.75) is 17.2 Å². The molecule has 0 saturated heterocycles. The van der Waals surface area contributed by atoms with Gasteiger partial charge in [-0.2, -0.15) is 5.10 Å². The van der Waals surface area contributed by atoms with Crippen molar-refractivity contribution in [1.82, 2.24) is 14.5 Å². The highest BCUT2D eigenvalue weighted by Crippen LogP contribution is 2.47. The van der Waals surface area contributed by atoms with Gasteiger partial charge in [0.25, 0.3) is 10.0 Å². The number of para-hydroxylation sites is 1. The van der Waals surface area contributed by atoms with Gasteiger partial charge in [0, 0.05) is 30.8 Å². The van der Waals surface area contributed by atoms with Gasteiger partial charge in [-0.05, 0) is 24.6 Å². The van der Waals surface area contributed by atoms with Gasteiger partial charge in [0.1, 0.15) is 10.6 Å². The van der Waals surface area contributed by atoms with Crippen LogP contribution in [0.4, 0.5) is 0 Å². The van der Waals surface area contributed by atoms with Crippen molar-refractivity contribution in [3.63, 3.8) is 0 Å². The van der Waals surface area contributed by atoms with Crippen LogP contribution in [0, 0.1) is 5.92 Å². The van der Waals surface area contributed by atoms with Crippen molar-refractivity contribution in [3.05, 3.63) is 42.2 Å². The van der Waals surface area contributed by atoms with Crippen molar-refractivity contribution in [1.29, 1.82) is 0 Å². The summed E-state index contributed by atoms with van der Waals surface area (Å²) in [5.74, 6) is -0.640. The van der Waals surface area contributed by atoms with Crippen molar-refractivity contribution in [2.24, 2.45) is 13.0 Å². The maximum Gasteiger partial charge on any atom is 0.267 e. The first-order valence-electron chi connectivity index (χ1n) is 7.11. The summed E-state index contributed by atoms with van der Waals surface area (Å²) in [7, 11) is -0.772. The highest BCUT2D eigenvalue weighted by atomic mass is 32.2. The molecular formula is C15H17N3O4S. The van der Waals surface area contributed by atoms with Crippen LogP contribution in [-0.4, -0.2) is 31.2 Å². The molecule has 0 bridgehead atoms. The molecule has 1 heterocycles. The molecule has 7 nitrogen and oxygen atoms in total. The molecule has 2 atom stereocenters. The van der Waals surface area contributed by atoms with Crippen LogP contribution in [0.3, 0.4) is 0 Å². The van der Waals surface area contributed by atoms with Crippen LogP contribution in [0.1, 0.15) is 18.0 Å². The molecule has 2 aromatic rings. The molecule has 23 heavy (non-hydrogen) atoms. The average molecular weight is 335 g/mol. The van der Waals surface area contributed by atoms with Crippen LogP contribution in [0.5, 0.6) is 5.75 Å². The molecule has 1 saturated carbocycles. The Balaban J connectivity index is 1.75. The normalized spacial score (nSPS) is 20.1. The number of carbonyl (C=O) groups is 1. The van der Waals surface area contributed by atoms with Crippen LogP contribution in [0.2, 0.25) is 0 Å². The lowest BCUT2D eigenvalue weighted by molar-refractivity contribution is -0.120. The van der Waals surface area contributed by atoms with Crippen molar-refractivity contribution in [3.8, 4) is 5.75 Å². The Bertz CT molecular complexity index is 844. The van der Waals surface area contributed by atoms with Crippen LogP contribution >= 0.6 is 0 Å². The van der Waals surface area contributed by atoms with Crippen molar-refractivity contribution in [2.75, 3.05) is 7.11 Å². The van der Waals surface area contributed by atoms with Crippen LogP contribution in [0.25, 0.3) is 0 Å². The van der Waals surface area contributed by atoms with Crippen LogP contribution in [0.15, 0.2) is 41.4 Å². The Morgan fingerprint density at radius 1 is 1.35 bits per heavy atom. The van der Waals surface area contributed by atoms with Gasteiger partial charge in [0.15, 0.2) is 0 Å². The first-order valence-corrected chi connectivity index (χ1v) is 8.60. The summed E-state index contributed by atoms with van der Waals surface area (Å²) in [6, 6.07) is 8.03. The first-order chi connectivity index (χ1) is 10.9. The third kappa shape index (κ3) is 2.94. The summed E-state index contributed by atoms with van der Waals surface area (Å²) >= 11 is 0. The summed E-state index contributed by atoms with van der Waals surface area (Å²) < 4.78 is 33.7. The average Bonchev–Trinajstić information content (AvgIpc) is 3.21. The number of nitrogens with one attached hydrogen (secondary N) is 1. The van der Waals surface area contributed by atoms with Gasteiger partial charge >= 0.3 is 0 Å². The number of aromatic nitrogens is 2. The van der Waals surface area contributed by atoms with Gasteiger partial charge in [-0.25, -0.2) is 13.1 Å². The Hall–Kier alpha value is -2.35. The number of benzene rings is 1. The van der Waals surface area contributed by atoms with Gasteiger partial charge in [-0.15, -0.1) is 0 Å². The maximum absolute atomic E-state index is 12.4. The maximum atomic E-state index is 12.4. The minimum atomic E-state index is -3.96. The number of aryl methyl sites for hydroxylation is 1. The van der Waals surface area contributed by atoms with E-state index in [1.165, 1.54) is 19.2 Å². The molecule has 1 aliphatic carbocycles. The van der Waals surface area contributed by atoms with Crippen molar-refractivity contribution < 1.29 is 17.9 Å². The van der Waals surface area contributed by atoms with E-state index in [2.05, 4.69) is 9.82 Å². The smallest absolute Gasteiger partial charge is 0.267 e. The second kappa shape index (κ2) is 5.69. The van der Waals surface area contributed by atoms with Crippen molar-refractivity contribution >= 4 is 15.9 Å². The molecule has 3 rings (SSSR count). The molecule has 8 heteroatoms. The molecule has 1 aromatic carbocycles. The Morgan fingerprint density at radius 3 is 2.74 bits per heavy atom. The zero-order valence-electron chi connectivity index (χ0n) is 12.8. The number of nitrogens with zero attached hydrogens (tertiary/aromatic N) is 2. The third-order valence-electron chi connectivity index (χ3n) is 3.96. The molecule has 1 fully saturated rings. The van der Waals surface area contributed by atoms with Crippen LogP contribution in [-0.2, 0) is 21.9 Å². The molecule has 1 amide bonds. The van der Waals surface area contributed by atoms with E-state index in [-0.39, 0.29) is 22.5 Å². The summed E-state index contributed by atoms with van der Waals surface area (Å²) in [4.78, 5) is 12.2. The summed E-state index contributed by atoms with van der Waals surface area (Å²) in [6.45, 7) is 0. The lowest BCUT2D eigenvalue weighted by Gasteiger charge is -2.10. The fraction of sp³-hybridized carbons (Fsp3) is 0.333. The van der Waals surface area contributed by atoms with E-state index in [9.17, 15) is 13.2 Å². The molecule has 0 radical (unpaired) electrons. The first kappa shape index (κ1) is 15.5. The Morgan fingerprint density at radius 2 is 2.09 bits per heavy atom. The number of ether oxygens (including phenoxy) is 1.